The third-order valence-corrected chi connectivity index (χ3v) is 4.79. The van der Waals surface area contributed by atoms with Gasteiger partial charge in [0.05, 0.1) is 12.4 Å². The number of unbranched alkanes of at least 4 members (excludes halogenated alkanes) is 9. The summed E-state index contributed by atoms with van der Waals surface area (Å²) in [5.41, 5.74) is 0. The molecule has 0 aromatic rings. The van der Waals surface area contributed by atoms with Gasteiger partial charge in [0.25, 0.3) is 0 Å². The quantitative estimate of drug-likeness (QED) is 0.138. The fraction of sp³-hybridized carbons (Fsp3) is 0.778. The Kier molecular flexibility index (Phi) is 19.3. The third kappa shape index (κ3) is 18.4. The Balaban J connectivity index is 0. The predicted octanol–water partition coefficient (Wildman–Crippen LogP) is 3.25. The molecule has 0 saturated carbocycles. The van der Waals surface area contributed by atoms with Crippen molar-refractivity contribution < 1.29 is 26.9 Å². The molecular formula is C18H33NaO6S. The summed E-state index contributed by atoms with van der Waals surface area (Å²) in [6.45, 7) is 3.86. The number of carbonyl (C=O) groups is 2. The molecule has 148 valence electrons. The third-order valence-electron chi connectivity index (χ3n) is 3.66. The van der Waals surface area contributed by atoms with Crippen molar-refractivity contribution in [1.82, 2.24) is 0 Å². The van der Waals surface area contributed by atoms with E-state index in [0.29, 0.717) is 6.61 Å². The number of esters is 1. The molecule has 0 spiro atoms. The predicted molar refractivity (Wildman–Crippen MR) is 105 cm³/mol. The number of hydrogen-bond acceptors (Lipinski definition) is 6. The molecule has 0 aliphatic carbocycles. The molecule has 0 bridgehead atoms. The van der Waals surface area contributed by atoms with Crippen LogP contribution in [0.25, 0.3) is 0 Å². The molecule has 0 aliphatic heterocycles. The first-order chi connectivity index (χ1) is 11.9. The first kappa shape index (κ1) is 27.8. The average Bonchev–Trinajstić information content (AvgIpc) is 2.57. The SMILES string of the molecule is CCCCCCCCCCCCOC(=O)/C=C\C(=O)OS(=O)(=O)CC.[NaH]. The zero-order chi connectivity index (χ0) is 19.0. The molecule has 0 saturated heterocycles. The Morgan fingerprint density at radius 2 is 1.23 bits per heavy atom. The summed E-state index contributed by atoms with van der Waals surface area (Å²) in [5, 5.41) is 0. The molecule has 6 nitrogen and oxygen atoms in total. The van der Waals surface area contributed by atoms with E-state index < -0.39 is 22.1 Å². The molecule has 0 rings (SSSR count). The molecule has 0 aromatic heterocycles. The molecule has 0 N–H and O–H groups in total. The van der Waals surface area contributed by atoms with E-state index in [2.05, 4.69) is 11.1 Å². The monoisotopic (exact) mass is 400 g/mol. The fourth-order valence-corrected chi connectivity index (χ4v) is 2.58. The van der Waals surface area contributed by atoms with Crippen LogP contribution in [0.15, 0.2) is 12.2 Å². The summed E-state index contributed by atoms with van der Waals surface area (Å²) in [5.74, 6) is -2.09. The first-order valence-corrected chi connectivity index (χ1v) is 10.8. The number of carbonyl (C=O) groups excluding carboxylic acids is 2. The van der Waals surface area contributed by atoms with Crippen LogP contribution in [-0.4, -0.2) is 62.3 Å². The van der Waals surface area contributed by atoms with E-state index in [9.17, 15) is 18.0 Å². The van der Waals surface area contributed by atoms with Crippen LogP contribution in [0.5, 0.6) is 0 Å². The van der Waals surface area contributed by atoms with Gasteiger partial charge in [0, 0.05) is 12.2 Å². The van der Waals surface area contributed by atoms with E-state index in [1.807, 2.05) is 0 Å². The molecule has 0 fully saturated rings. The van der Waals surface area contributed by atoms with Gasteiger partial charge in [0.2, 0.25) is 0 Å². The van der Waals surface area contributed by atoms with Gasteiger partial charge in [-0.1, -0.05) is 64.7 Å². The Hall–Kier alpha value is -0.370. The molecule has 8 heteroatoms. The average molecular weight is 401 g/mol. The number of rotatable bonds is 15. The molecular weight excluding hydrogens is 367 g/mol. The van der Waals surface area contributed by atoms with Crippen molar-refractivity contribution in [3.05, 3.63) is 12.2 Å². The fourth-order valence-electron chi connectivity index (χ4n) is 2.16. The number of ether oxygens (including phenoxy) is 1. The molecule has 0 heterocycles. The summed E-state index contributed by atoms with van der Waals surface area (Å²) >= 11 is 0. The Morgan fingerprint density at radius 3 is 1.73 bits per heavy atom. The zero-order valence-corrected chi connectivity index (χ0v) is 16.3. The van der Waals surface area contributed by atoms with E-state index >= 15 is 0 Å². The molecule has 0 aliphatic rings. The summed E-state index contributed by atoms with van der Waals surface area (Å²) in [6, 6.07) is 0. The van der Waals surface area contributed by atoms with Crippen LogP contribution in [0.1, 0.15) is 78.1 Å². The van der Waals surface area contributed by atoms with Crippen molar-refractivity contribution in [2.45, 2.75) is 78.1 Å². The van der Waals surface area contributed by atoms with E-state index in [1.165, 1.54) is 51.9 Å². The maximum absolute atomic E-state index is 11.4. The first-order valence-electron chi connectivity index (χ1n) is 9.22. The molecule has 0 radical (unpaired) electrons. The van der Waals surface area contributed by atoms with Crippen LogP contribution < -0.4 is 0 Å². The minimum atomic E-state index is -3.86. The molecule has 0 aromatic carbocycles. The number of hydrogen-bond donors (Lipinski definition) is 0. The summed E-state index contributed by atoms with van der Waals surface area (Å²) < 4.78 is 31.2. The summed E-state index contributed by atoms with van der Waals surface area (Å²) in [7, 11) is -3.86. The van der Waals surface area contributed by atoms with E-state index in [-0.39, 0.29) is 35.3 Å². The zero-order valence-electron chi connectivity index (χ0n) is 15.5. The van der Waals surface area contributed by atoms with Crippen molar-refractivity contribution in [3.8, 4) is 0 Å². The summed E-state index contributed by atoms with van der Waals surface area (Å²) in [6.07, 6.45) is 13.6. The Bertz CT molecular complexity index is 502. The normalized spacial score (nSPS) is 11.2. The Labute approximate surface area is 180 Å². The van der Waals surface area contributed by atoms with Crippen molar-refractivity contribution >= 4 is 51.6 Å². The van der Waals surface area contributed by atoms with Gasteiger partial charge in [-0.05, 0) is 13.3 Å². The van der Waals surface area contributed by atoms with Gasteiger partial charge in [-0.25, -0.2) is 9.59 Å². The van der Waals surface area contributed by atoms with Crippen LogP contribution in [0.3, 0.4) is 0 Å². The molecule has 0 amide bonds. The van der Waals surface area contributed by atoms with Gasteiger partial charge in [-0.2, -0.15) is 8.42 Å². The van der Waals surface area contributed by atoms with Crippen LogP contribution in [0, 0.1) is 0 Å². The van der Waals surface area contributed by atoms with Crippen LogP contribution in [0.4, 0.5) is 0 Å². The van der Waals surface area contributed by atoms with Crippen LogP contribution >= 0.6 is 0 Å². The van der Waals surface area contributed by atoms with Gasteiger partial charge in [-0.15, -0.1) is 0 Å². The minimum absolute atomic E-state index is 0. The Morgan fingerprint density at radius 1 is 0.769 bits per heavy atom. The van der Waals surface area contributed by atoms with Crippen molar-refractivity contribution in [3.63, 3.8) is 0 Å². The second kappa shape index (κ2) is 18.0. The standard InChI is InChI=1S/C18H32O6S.Na.H/c1-3-5-6-7-8-9-10-11-12-13-16-23-17(19)14-15-18(20)24-25(21,22)4-2;;/h14-15H,3-13,16H2,1-2H3;;/b15-14-;;. The van der Waals surface area contributed by atoms with Gasteiger partial charge in [-0.3, -0.25) is 0 Å². The molecule has 0 unspecified atom stereocenters. The molecule has 26 heavy (non-hydrogen) atoms. The van der Waals surface area contributed by atoms with Crippen LogP contribution in [-0.2, 0) is 28.6 Å². The van der Waals surface area contributed by atoms with Gasteiger partial charge < -0.3 is 8.92 Å². The van der Waals surface area contributed by atoms with Gasteiger partial charge >= 0.3 is 51.6 Å². The van der Waals surface area contributed by atoms with E-state index in [0.717, 1.165) is 31.4 Å². The second-order valence-corrected chi connectivity index (χ2v) is 7.79. The van der Waals surface area contributed by atoms with E-state index in [4.69, 9.17) is 4.74 Å². The van der Waals surface area contributed by atoms with Gasteiger partial charge in [0.15, 0.2) is 0 Å². The van der Waals surface area contributed by atoms with Gasteiger partial charge in [0.1, 0.15) is 0 Å². The van der Waals surface area contributed by atoms with Crippen molar-refractivity contribution in [2.75, 3.05) is 12.4 Å². The van der Waals surface area contributed by atoms with Crippen LogP contribution in [0.2, 0.25) is 0 Å². The summed E-state index contributed by atoms with van der Waals surface area (Å²) in [4.78, 5) is 22.6. The van der Waals surface area contributed by atoms with Crippen molar-refractivity contribution in [2.24, 2.45) is 0 Å². The van der Waals surface area contributed by atoms with E-state index in [1.54, 1.807) is 0 Å². The maximum atomic E-state index is 11.4. The second-order valence-electron chi connectivity index (χ2n) is 5.93. The topological polar surface area (TPSA) is 86.7 Å². The molecule has 0 atom stereocenters. The van der Waals surface area contributed by atoms with Crippen molar-refractivity contribution in [1.29, 1.82) is 0 Å².